The van der Waals surface area contributed by atoms with Crippen LogP contribution >= 0.6 is 27.5 Å². The predicted octanol–water partition coefficient (Wildman–Crippen LogP) is 4.36. The molecule has 1 amide bonds. The van der Waals surface area contributed by atoms with E-state index < -0.39 is 5.41 Å². The fourth-order valence-corrected chi connectivity index (χ4v) is 3.13. The molecule has 0 atom stereocenters. The zero-order valence-electron chi connectivity index (χ0n) is 11.2. The summed E-state index contributed by atoms with van der Waals surface area (Å²) >= 11 is 9.50. The molecule has 1 aliphatic carbocycles. The van der Waals surface area contributed by atoms with Crippen molar-refractivity contribution >= 4 is 44.8 Å². The number of anilines is 2. The number of amides is 1. The summed E-state index contributed by atoms with van der Waals surface area (Å²) in [7, 11) is 0. The number of carbonyl (C=O) groups is 1. The molecular weight excluding hydrogens is 352 g/mol. The van der Waals surface area contributed by atoms with Gasteiger partial charge in [-0.2, -0.15) is 0 Å². The van der Waals surface area contributed by atoms with Crippen LogP contribution in [0.25, 0.3) is 0 Å². The number of hydrogen-bond acceptors (Lipinski definition) is 2. The van der Waals surface area contributed by atoms with Crippen LogP contribution < -0.4 is 11.1 Å². The predicted molar refractivity (Wildman–Crippen MR) is 89.5 cm³/mol. The van der Waals surface area contributed by atoms with Crippen LogP contribution in [0.3, 0.4) is 0 Å². The van der Waals surface area contributed by atoms with Crippen molar-refractivity contribution in [1.29, 1.82) is 0 Å². The van der Waals surface area contributed by atoms with Gasteiger partial charge in [0.05, 0.1) is 16.1 Å². The van der Waals surface area contributed by atoms with Gasteiger partial charge in [-0.05, 0) is 48.7 Å². The van der Waals surface area contributed by atoms with Gasteiger partial charge in [-0.25, -0.2) is 0 Å². The summed E-state index contributed by atoms with van der Waals surface area (Å²) in [5, 5.41) is 3.45. The molecule has 108 valence electrons. The van der Waals surface area contributed by atoms with E-state index in [1.165, 1.54) is 0 Å². The molecule has 2 aromatic rings. The van der Waals surface area contributed by atoms with Crippen molar-refractivity contribution in [3.8, 4) is 0 Å². The monoisotopic (exact) mass is 364 g/mol. The number of nitrogens with one attached hydrogen (secondary N) is 1. The smallest absolute Gasteiger partial charge is 0.235 e. The van der Waals surface area contributed by atoms with Crippen molar-refractivity contribution < 1.29 is 4.79 Å². The molecule has 3 nitrogen and oxygen atoms in total. The normalized spacial score (nSPS) is 15.5. The second-order valence-corrected chi connectivity index (χ2v) is 6.61. The molecule has 0 unspecified atom stereocenters. The average Bonchev–Trinajstić information content (AvgIpc) is 3.24. The van der Waals surface area contributed by atoms with E-state index in [1.807, 2.05) is 30.3 Å². The van der Waals surface area contributed by atoms with Gasteiger partial charge < -0.3 is 11.1 Å². The molecule has 5 heteroatoms. The van der Waals surface area contributed by atoms with Gasteiger partial charge in [-0.3, -0.25) is 4.79 Å². The summed E-state index contributed by atoms with van der Waals surface area (Å²) in [4.78, 5) is 12.6. The van der Waals surface area contributed by atoms with Gasteiger partial charge in [0, 0.05) is 10.2 Å². The molecule has 0 aromatic heterocycles. The van der Waals surface area contributed by atoms with Gasteiger partial charge in [0.25, 0.3) is 0 Å². The topological polar surface area (TPSA) is 55.1 Å². The van der Waals surface area contributed by atoms with Crippen molar-refractivity contribution in [3.05, 3.63) is 57.5 Å². The maximum absolute atomic E-state index is 12.6. The first-order valence-electron chi connectivity index (χ1n) is 6.64. The summed E-state index contributed by atoms with van der Waals surface area (Å²) in [5.74, 6) is -0.0171. The molecule has 2 aromatic carbocycles. The van der Waals surface area contributed by atoms with E-state index in [0.717, 1.165) is 22.9 Å². The maximum Gasteiger partial charge on any atom is 0.235 e. The van der Waals surface area contributed by atoms with Crippen molar-refractivity contribution in [2.75, 3.05) is 11.1 Å². The first-order chi connectivity index (χ1) is 10.0. The Labute approximate surface area is 136 Å². The number of carbonyl (C=O) groups excluding carboxylic acids is 1. The van der Waals surface area contributed by atoms with E-state index in [2.05, 4.69) is 21.2 Å². The lowest BCUT2D eigenvalue weighted by atomic mass is 9.94. The third-order valence-electron chi connectivity index (χ3n) is 3.83. The molecule has 3 rings (SSSR count). The highest BCUT2D eigenvalue weighted by Gasteiger charge is 2.51. The number of nitrogens with two attached hydrogens (primary N) is 1. The lowest BCUT2D eigenvalue weighted by Crippen LogP contribution is -2.27. The van der Waals surface area contributed by atoms with Gasteiger partial charge >= 0.3 is 0 Å². The van der Waals surface area contributed by atoms with Crippen molar-refractivity contribution in [1.82, 2.24) is 0 Å². The molecule has 0 aliphatic heterocycles. The van der Waals surface area contributed by atoms with Gasteiger partial charge in [0.15, 0.2) is 0 Å². The molecule has 0 radical (unpaired) electrons. The number of rotatable bonds is 3. The molecule has 0 saturated heterocycles. The van der Waals surface area contributed by atoms with Crippen LogP contribution in [-0.2, 0) is 10.2 Å². The Bertz CT molecular complexity index is 696. The number of halogens is 2. The molecule has 0 bridgehead atoms. The van der Waals surface area contributed by atoms with Crippen molar-refractivity contribution in [2.24, 2.45) is 0 Å². The van der Waals surface area contributed by atoms with Gasteiger partial charge in [0.2, 0.25) is 5.91 Å². The minimum Gasteiger partial charge on any atom is -0.399 e. The Morgan fingerprint density at radius 2 is 1.86 bits per heavy atom. The van der Waals surface area contributed by atoms with E-state index in [4.69, 9.17) is 17.3 Å². The zero-order chi connectivity index (χ0) is 15.0. The second kappa shape index (κ2) is 5.35. The minimum absolute atomic E-state index is 0.0171. The quantitative estimate of drug-likeness (QED) is 0.794. The van der Waals surface area contributed by atoms with Crippen LogP contribution in [0.1, 0.15) is 18.4 Å². The Balaban J connectivity index is 1.83. The molecular formula is C16H14BrClN2O. The Kier molecular flexibility index (Phi) is 3.68. The highest BCUT2D eigenvalue weighted by Crippen LogP contribution is 2.49. The Morgan fingerprint density at radius 1 is 1.19 bits per heavy atom. The molecule has 0 heterocycles. The fourth-order valence-electron chi connectivity index (χ4n) is 2.41. The summed E-state index contributed by atoms with van der Waals surface area (Å²) in [6.07, 6.45) is 1.69. The first-order valence-corrected chi connectivity index (χ1v) is 7.81. The van der Waals surface area contributed by atoms with Crippen LogP contribution in [0.15, 0.2) is 46.9 Å². The third-order valence-corrected chi connectivity index (χ3v) is 4.63. The van der Waals surface area contributed by atoms with E-state index in [0.29, 0.717) is 16.4 Å². The first kappa shape index (κ1) is 14.4. The molecule has 1 saturated carbocycles. The van der Waals surface area contributed by atoms with Crippen molar-refractivity contribution in [2.45, 2.75) is 18.3 Å². The van der Waals surface area contributed by atoms with Crippen LogP contribution in [0.2, 0.25) is 5.02 Å². The van der Waals surface area contributed by atoms with Crippen LogP contribution in [0, 0.1) is 0 Å². The zero-order valence-corrected chi connectivity index (χ0v) is 13.5. The Morgan fingerprint density at radius 3 is 2.43 bits per heavy atom. The lowest BCUT2D eigenvalue weighted by Gasteiger charge is -2.16. The molecule has 21 heavy (non-hydrogen) atoms. The SMILES string of the molecule is Nc1ccc(C2(C(=O)Nc3ccc(Br)cc3Cl)CC2)cc1. The fraction of sp³-hybridized carbons (Fsp3) is 0.188. The van der Waals surface area contributed by atoms with Gasteiger partial charge in [-0.15, -0.1) is 0 Å². The van der Waals surface area contributed by atoms with Crippen LogP contribution in [-0.4, -0.2) is 5.91 Å². The van der Waals surface area contributed by atoms with Crippen molar-refractivity contribution in [3.63, 3.8) is 0 Å². The van der Waals surface area contributed by atoms with Gasteiger partial charge in [-0.1, -0.05) is 39.7 Å². The summed E-state index contributed by atoms with van der Waals surface area (Å²) in [6.45, 7) is 0. The standard InChI is InChI=1S/C16H14BrClN2O/c17-11-3-6-14(13(18)9-11)20-15(21)16(7-8-16)10-1-4-12(19)5-2-10/h1-6,9H,7-8,19H2,(H,20,21). The van der Waals surface area contributed by atoms with Gasteiger partial charge in [0.1, 0.15) is 0 Å². The largest absolute Gasteiger partial charge is 0.399 e. The molecule has 0 spiro atoms. The second-order valence-electron chi connectivity index (χ2n) is 5.28. The number of benzene rings is 2. The number of hydrogen-bond donors (Lipinski definition) is 2. The molecule has 3 N–H and O–H groups in total. The summed E-state index contributed by atoms with van der Waals surface area (Å²) in [5.41, 5.74) is 7.59. The summed E-state index contributed by atoms with van der Waals surface area (Å²) < 4.78 is 0.880. The summed E-state index contributed by atoms with van der Waals surface area (Å²) in [6, 6.07) is 12.9. The number of nitrogen functional groups attached to an aromatic ring is 1. The third kappa shape index (κ3) is 2.78. The molecule has 1 fully saturated rings. The Hall–Kier alpha value is -1.52. The van der Waals surface area contributed by atoms with Crippen LogP contribution in [0.4, 0.5) is 11.4 Å². The molecule has 1 aliphatic rings. The minimum atomic E-state index is -0.440. The average molecular weight is 366 g/mol. The lowest BCUT2D eigenvalue weighted by molar-refractivity contribution is -0.118. The van der Waals surface area contributed by atoms with E-state index in [9.17, 15) is 4.79 Å². The van der Waals surface area contributed by atoms with E-state index >= 15 is 0 Å². The highest BCUT2D eigenvalue weighted by atomic mass is 79.9. The maximum atomic E-state index is 12.6. The van der Waals surface area contributed by atoms with E-state index in [1.54, 1.807) is 12.1 Å². The van der Waals surface area contributed by atoms with E-state index in [-0.39, 0.29) is 5.91 Å². The highest BCUT2D eigenvalue weighted by molar-refractivity contribution is 9.10. The van der Waals surface area contributed by atoms with Crippen LogP contribution in [0.5, 0.6) is 0 Å².